The predicted octanol–water partition coefficient (Wildman–Crippen LogP) is 4.41. The molecule has 0 radical (unpaired) electrons. The normalized spacial score (nSPS) is 15.3. The molecule has 0 aliphatic carbocycles. The van der Waals surface area contributed by atoms with Crippen molar-refractivity contribution in [2.75, 3.05) is 45.1 Å². The molecule has 1 saturated heterocycles. The number of halogens is 3. The number of nitrogens with zero attached hydrogens (tertiary/aromatic N) is 3. The van der Waals surface area contributed by atoms with Crippen molar-refractivity contribution >= 4 is 66.4 Å². The smallest absolute Gasteiger partial charge is 0.243 e. The second-order valence-corrected chi connectivity index (χ2v) is 14.3. The molecule has 1 heterocycles. The number of carbonyl (C=O) groups excluding carboxylic acids is 1. The van der Waals surface area contributed by atoms with Crippen LogP contribution in [0.1, 0.15) is 5.56 Å². The van der Waals surface area contributed by atoms with Crippen LogP contribution in [0.25, 0.3) is 0 Å². The Labute approximate surface area is 249 Å². The van der Waals surface area contributed by atoms with Crippen LogP contribution >= 0.6 is 34.8 Å². The van der Waals surface area contributed by atoms with E-state index >= 15 is 0 Å². The first-order valence-corrected chi connectivity index (χ1v) is 16.2. The summed E-state index contributed by atoms with van der Waals surface area (Å²) in [7, 11) is -5.91. The van der Waals surface area contributed by atoms with Gasteiger partial charge in [0, 0.05) is 59.0 Å². The molecule has 3 aromatic carbocycles. The van der Waals surface area contributed by atoms with Gasteiger partial charge in [-0.2, -0.15) is 8.61 Å². The van der Waals surface area contributed by atoms with Crippen LogP contribution in [-0.4, -0.2) is 76.0 Å². The van der Waals surface area contributed by atoms with Crippen molar-refractivity contribution < 1.29 is 21.6 Å². The number of rotatable bonds is 9. The van der Waals surface area contributed by atoms with E-state index in [1.54, 1.807) is 18.2 Å². The molecule has 1 aliphatic heterocycles. The second-order valence-electron chi connectivity index (χ2n) is 9.21. The highest BCUT2D eigenvalue weighted by Crippen LogP contribution is 2.29. The lowest BCUT2D eigenvalue weighted by atomic mass is 10.2. The standard InChI is InChI=1S/C26H27Cl3N4O5S2/c1-31-13-15-32(16-14-31)39(35,36)22-11-7-20(8-12-22)30-26(34)18-33(17-23-24(28)3-2-4-25(23)29)40(37,38)21-9-5-19(27)6-10-21/h2-12H,13-18H2,1H3,(H,30,34). The van der Waals surface area contributed by atoms with Crippen molar-refractivity contribution in [1.82, 2.24) is 13.5 Å². The Morgan fingerprint density at radius 3 is 1.95 bits per heavy atom. The average molecular weight is 646 g/mol. The number of nitrogens with one attached hydrogen (secondary N) is 1. The summed E-state index contributed by atoms with van der Waals surface area (Å²) in [6.45, 7) is 1.24. The number of amides is 1. The number of piperazine rings is 1. The van der Waals surface area contributed by atoms with Gasteiger partial charge in [0.2, 0.25) is 26.0 Å². The highest BCUT2D eigenvalue weighted by atomic mass is 35.5. The highest BCUT2D eigenvalue weighted by molar-refractivity contribution is 7.89. The summed E-state index contributed by atoms with van der Waals surface area (Å²) in [4.78, 5) is 15.1. The van der Waals surface area contributed by atoms with Gasteiger partial charge in [-0.1, -0.05) is 40.9 Å². The number of carbonyl (C=O) groups is 1. The minimum absolute atomic E-state index is 0.0636. The zero-order valence-electron chi connectivity index (χ0n) is 21.4. The van der Waals surface area contributed by atoms with Gasteiger partial charge in [-0.05, 0) is 67.7 Å². The molecule has 40 heavy (non-hydrogen) atoms. The monoisotopic (exact) mass is 644 g/mol. The summed E-state index contributed by atoms with van der Waals surface area (Å²) >= 11 is 18.5. The van der Waals surface area contributed by atoms with Crippen molar-refractivity contribution in [3.05, 3.63) is 87.4 Å². The molecule has 0 saturated carbocycles. The molecule has 1 N–H and O–H groups in total. The summed E-state index contributed by atoms with van der Waals surface area (Å²) in [5.74, 6) is -0.643. The largest absolute Gasteiger partial charge is 0.325 e. The van der Waals surface area contributed by atoms with Gasteiger partial charge in [0.05, 0.1) is 16.3 Å². The third kappa shape index (κ3) is 7.15. The van der Waals surface area contributed by atoms with Crippen LogP contribution in [-0.2, 0) is 31.4 Å². The van der Waals surface area contributed by atoms with E-state index in [0.29, 0.717) is 42.5 Å². The van der Waals surface area contributed by atoms with Gasteiger partial charge in [0.25, 0.3) is 0 Å². The maximum atomic E-state index is 13.5. The van der Waals surface area contributed by atoms with E-state index in [1.807, 2.05) is 7.05 Å². The Balaban J connectivity index is 1.53. The first-order chi connectivity index (χ1) is 18.9. The summed E-state index contributed by atoms with van der Waals surface area (Å²) in [5.41, 5.74) is 0.650. The van der Waals surface area contributed by atoms with Crippen molar-refractivity contribution in [3.63, 3.8) is 0 Å². The third-order valence-corrected chi connectivity index (χ3v) is 11.1. The summed E-state index contributed by atoms with van der Waals surface area (Å²) in [5, 5.41) is 3.50. The summed E-state index contributed by atoms with van der Waals surface area (Å²) < 4.78 is 55.4. The molecule has 1 fully saturated rings. The van der Waals surface area contributed by atoms with E-state index < -0.39 is 32.5 Å². The second kappa shape index (κ2) is 12.7. The lowest BCUT2D eigenvalue weighted by Gasteiger charge is -2.31. The highest BCUT2D eigenvalue weighted by Gasteiger charge is 2.29. The molecule has 0 spiro atoms. The number of benzene rings is 3. The van der Waals surface area contributed by atoms with Crippen LogP contribution in [0.4, 0.5) is 5.69 Å². The van der Waals surface area contributed by atoms with Crippen LogP contribution in [0, 0.1) is 0 Å². The number of hydrogen-bond acceptors (Lipinski definition) is 6. The molecule has 4 rings (SSSR count). The van der Waals surface area contributed by atoms with Crippen molar-refractivity contribution in [2.45, 2.75) is 16.3 Å². The molecule has 9 nitrogen and oxygen atoms in total. The predicted molar refractivity (Wildman–Crippen MR) is 157 cm³/mol. The van der Waals surface area contributed by atoms with Crippen LogP contribution in [0.5, 0.6) is 0 Å². The molecule has 0 aromatic heterocycles. The zero-order valence-corrected chi connectivity index (χ0v) is 25.3. The molecular weight excluding hydrogens is 619 g/mol. The van der Waals surface area contributed by atoms with Crippen LogP contribution in [0.3, 0.4) is 0 Å². The molecule has 1 amide bonds. The van der Waals surface area contributed by atoms with Crippen molar-refractivity contribution in [2.24, 2.45) is 0 Å². The Bertz CT molecular complexity index is 1560. The Morgan fingerprint density at radius 1 is 0.825 bits per heavy atom. The van der Waals surface area contributed by atoms with E-state index in [1.165, 1.54) is 52.8 Å². The third-order valence-electron chi connectivity index (χ3n) is 6.41. The molecule has 0 bridgehead atoms. The molecule has 0 unspecified atom stereocenters. The van der Waals surface area contributed by atoms with E-state index in [0.717, 1.165) is 4.31 Å². The summed E-state index contributed by atoms with van der Waals surface area (Å²) in [6, 6.07) is 16.1. The minimum atomic E-state index is -4.17. The SMILES string of the molecule is CN1CCN(S(=O)(=O)c2ccc(NC(=O)CN(Cc3c(Cl)cccc3Cl)S(=O)(=O)c3ccc(Cl)cc3)cc2)CC1. The molecule has 3 aromatic rings. The van der Waals surface area contributed by atoms with Gasteiger partial charge >= 0.3 is 0 Å². The maximum Gasteiger partial charge on any atom is 0.243 e. The first kappa shape index (κ1) is 30.7. The topological polar surface area (TPSA) is 107 Å². The van der Waals surface area contributed by atoms with E-state index in [2.05, 4.69) is 10.2 Å². The Kier molecular flexibility index (Phi) is 9.79. The lowest BCUT2D eigenvalue weighted by Crippen LogP contribution is -2.46. The van der Waals surface area contributed by atoms with Crippen LogP contribution in [0.2, 0.25) is 15.1 Å². The molecule has 1 aliphatic rings. The quantitative estimate of drug-likeness (QED) is 0.370. The Morgan fingerprint density at radius 2 is 1.38 bits per heavy atom. The molecular formula is C26H27Cl3N4O5S2. The fourth-order valence-corrected chi connectivity index (χ4v) is 7.52. The van der Waals surface area contributed by atoms with E-state index in [-0.39, 0.29) is 26.4 Å². The molecule has 214 valence electrons. The number of hydrogen-bond donors (Lipinski definition) is 1. The number of anilines is 1. The van der Waals surface area contributed by atoms with Gasteiger partial charge in [-0.15, -0.1) is 0 Å². The fraction of sp³-hybridized carbons (Fsp3) is 0.269. The van der Waals surface area contributed by atoms with Gasteiger partial charge in [0.1, 0.15) is 0 Å². The van der Waals surface area contributed by atoms with E-state index in [9.17, 15) is 21.6 Å². The molecule has 14 heteroatoms. The molecule has 0 atom stereocenters. The maximum absolute atomic E-state index is 13.5. The average Bonchev–Trinajstić information content (AvgIpc) is 2.91. The summed E-state index contributed by atoms with van der Waals surface area (Å²) in [6.07, 6.45) is 0. The minimum Gasteiger partial charge on any atom is -0.325 e. The fourth-order valence-electron chi connectivity index (χ4n) is 4.09. The van der Waals surface area contributed by atoms with Crippen LogP contribution in [0.15, 0.2) is 76.5 Å². The first-order valence-electron chi connectivity index (χ1n) is 12.1. The van der Waals surface area contributed by atoms with Crippen LogP contribution < -0.4 is 5.32 Å². The number of sulfonamides is 2. The van der Waals surface area contributed by atoms with Gasteiger partial charge in [-0.25, -0.2) is 16.8 Å². The van der Waals surface area contributed by atoms with Crippen molar-refractivity contribution in [3.8, 4) is 0 Å². The van der Waals surface area contributed by atoms with Gasteiger partial charge < -0.3 is 10.2 Å². The Hall–Kier alpha value is -2.22. The number of likely N-dealkylation sites (N-methyl/N-ethyl adjacent to an activating group) is 1. The van der Waals surface area contributed by atoms with Gasteiger partial charge in [0.15, 0.2) is 0 Å². The van der Waals surface area contributed by atoms with Gasteiger partial charge in [-0.3, -0.25) is 4.79 Å². The lowest BCUT2D eigenvalue weighted by molar-refractivity contribution is -0.116. The van der Waals surface area contributed by atoms with E-state index in [4.69, 9.17) is 34.8 Å². The van der Waals surface area contributed by atoms with Crippen molar-refractivity contribution in [1.29, 1.82) is 0 Å². The zero-order chi connectivity index (χ0) is 29.1.